The third kappa shape index (κ3) is 4.90. The predicted molar refractivity (Wildman–Crippen MR) is 130 cm³/mol. The van der Waals surface area contributed by atoms with Crippen LogP contribution in [0.2, 0.25) is 0 Å². The Balaban J connectivity index is 1.52. The van der Waals surface area contributed by atoms with Crippen molar-refractivity contribution in [2.75, 3.05) is 20.2 Å². The smallest absolute Gasteiger partial charge is 0.225 e. The van der Waals surface area contributed by atoms with Crippen molar-refractivity contribution in [2.45, 2.75) is 45.1 Å². The number of hydrogen-bond donors (Lipinski definition) is 2. The summed E-state index contributed by atoms with van der Waals surface area (Å²) in [7, 11) is 1.64. The zero-order valence-corrected chi connectivity index (χ0v) is 19.5. The molecule has 2 N–H and O–H groups in total. The first kappa shape index (κ1) is 22.9. The number of methoxy groups -OCH3 is 1. The van der Waals surface area contributed by atoms with Crippen LogP contribution in [-0.4, -0.2) is 41.9 Å². The molecule has 0 aliphatic carbocycles. The molecule has 2 amide bonds. The molecule has 2 aromatic carbocycles. The van der Waals surface area contributed by atoms with Gasteiger partial charge >= 0.3 is 0 Å². The van der Waals surface area contributed by atoms with E-state index >= 15 is 0 Å². The number of nitrogens with one attached hydrogen (secondary N) is 2. The number of amides is 2. The lowest BCUT2D eigenvalue weighted by atomic mass is 9.83. The van der Waals surface area contributed by atoms with Gasteiger partial charge in [-0.05, 0) is 37.0 Å². The van der Waals surface area contributed by atoms with E-state index in [4.69, 9.17) is 4.74 Å². The SMILES string of the molecule is CCCCN1C(=O)CCC(C(=O)NCCc2c[nH]c3ccccc23)C1c1ccccc1OC. The number of ether oxygens (including phenoxy) is 1. The summed E-state index contributed by atoms with van der Waals surface area (Å²) < 4.78 is 5.61. The monoisotopic (exact) mass is 447 g/mol. The van der Waals surface area contributed by atoms with Gasteiger partial charge in [-0.3, -0.25) is 9.59 Å². The minimum absolute atomic E-state index is 0.000235. The first-order chi connectivity index (χ1) is 16.1. The van der Waals surface area contributed by atoms with Gasteiger partial charge in [-0.25, -0.2) is 0 Å². The molecule has 1 aromatic heterocycles. The quantitative estimate of drug-likeness (QED) is 0.503. The van der Waals surface area contributed by atoms with Gasteiger partial charge in [0.05, 0.1) is 19.1 Å². The molecule has 1 aliphatic rings. The molecule has 6 nitrogen and oxygen atoms in total. The highest BCUT2D eigenvalue weighted by atomic mass is 16.5. The first-order valence-corrected chi connectivity index (χ1v) is 11.9. The van der Waals surface area contributed by atoms with Gasteiger partial charge in [0.25, 0.3) is 0 Å². The number of para-hydroxylation sites is 2. The van der Waals surface area contributed by atoms with Gasteiger partial charge in [0, 0.05) is 42.2 Å². The number of aromatic amines is 1. The molecule has 2 unspecified atom stereocenters. The van der Waals surface area contributed by atoms with Gasteiger partial charge in [0.15, 0.2) is 0 Å². The second-order valence-electron chi connectivity index (χ2n) is 8.67. The molecule has 3 aromatic rings. The molecular formula is C27H33N3O3. The molecule has 2 atom stereocenters. The third-order valence-corrected chi connectivity index (χ3v) is 6.62. The number of aromatic nitrogens is 1. The normalized spacial score (nSPS) is 18.5. The second-order valence-corrected chi connectivity index (χ2v) is 8.67. The topological polar surface area (TPSA) is 74.4 Å². The summed E-state index contributed by atoms with van der Waals surface area (Å²) in [5.74, 6) is 0.524. The van der Waals surface area contributed by atoms with E-state index in [0.717, 1.165) is 36.1 Å². The minimum atomic E-state index is -0.318. The Labute approximate surface area is 195 Å². The lowest BCUT2D eigenvalue weighted by Gasteiger charge is -2.41. The highest BCUT2D eigenvalue weighted by molar-refractivity contribution is 5.86. The number of benzene rings is 2. The molecule has 4 rings (SSSR count). The molecule has 2 heterocycles. The summed E-state index contributed by atoms with van der Waals surface area (Å²) in [5.41, 5.74) is 3.20. The van der Waals surface area contributed by atoms with Gasteiger partial charge in [-0.1, -0.05) is 49.7 Å². The summed E-state index contributed by atoms with van der Waals surface area (Å²) in [6.45, 7) is 3.32. The van der Waals surface area contributed by atoms with E-state index in [2.05, 4.69) is 29.4 Å². The Kier molecular flexibility index (Phi) is 7.33. The van der Waals surface area contributed by atoms with Crippen LogP contribution in [0.3, 0.4) is 0 Å². The molecule has 6 heteroatoms. The Bertz CT molecular complexity index is 1110. The molecule has 1 fully saturated rings. The van der Waals surface area contributed by atoms with E-state index in [1.54, 1.807) is 7.11 Å². The van der Waals surface area contributed by atoms with E-state index in [1.165, 1.54) is 10.9 Å². The van der Waals surface area contributed by atoms with Crippen molar-refractivity contribution < 1.29 is 14.3 Å². The average molecular weight is 448 g/mol. The van der Waals surface area contributed by atoms with Crippen LogP contribution >= 0.6 is 0 Å². The molecule has 0 radical (unpaired) electrons. The van der Waals surface area contributed by atoms with E-state index in [0.29, 0.717) is 25.9 Å². The van der Waals surface area contributed by atoms with Gasteiger partial charge in [-0.2, -0.15) is 0 Å². The number of unbranched alkanes of at least 4 members (excludes halogenated alkanes) is 1. The summed E-state index contributed by atoms with van der Waals surface area (Å²) in [5, 5.41) is 4.34. The lowest BCUT2D eigenvalue weighted by Crippen LogP contribution is -2.48. The molecule has 1 aliphatic heterocycles. The zero-order chi connectivity index (χ0) is 23.2. The molecule has 1 saturated heterocycles. The average Bonchev–Trinajstić information content (AvgIpc) is 3.26. The van der Waals surface area contributed by atoms with Gasteiger partial charge in [0.2, 0.25) is 11.8 Å². The van der Waals surface area contributed by atoms with Crippen LogP contribution in [0.4, 0.5) is 0 Å². The van der Waals surface area contributed by atoms with Gasteiger partial charge in [-0.15, -0.1) is 0 Å². The van der Waals surface area contributed by atoms with Crippen molar-refractivity contribution in [2.24, 2.45) is 5.92 Å². The van der Waals surface area contributed by atoms with Crippen LogP contribution in [0, 0.1) is 5.92 Å². The fourth-order valence-electron chi connectivity index (χ4n) is 4.90. The summed E-state index contributed by atoms with van der Waals surface area (Å²) in [6, 6.07) is 15.6. The number of carbonyl (C=O) groups excluding carboxylic acids is 2. The fourth-order valence-corrected chi connectivity index (χ4v) is 4.90. The van der Waals surface area contributed by atoms with Crippen LogP contribution in [0.15, 0.2) is 54.7 Å². The number of likely N-dealkylation sites (tertiary alicyclic amines) is 1. The lowest BCUT2D eigenvalue weighted by molar-refractivity contribution is -0.143. The Morgan fingerprint density at radius 1 is 1.18 bits per heavy atom. The standard InChI is InChI=1S/C27H33N3O3/c1-3-4-17-30-25(31)14-13-22(26(30)21-10-6-8-12-24(21)33-2)27(32)28-16-15-19-18-29-23-11-7-5-9-20(19)23/h5-12,18,22,26,29H,3-4,13-17H2,1-2H3,(H,28,32). The van der Waals surface area contributed by atoms with Crippen molar-refractivity contribution in [3.05, 3.63) is 65.9 Å². The number of carbonyl (C=O) groups is 2. The number of hydrogen-bond acceptors (Lipinski definition) is 3. The molecule has 33 heavy (non-hydrogen) atoms. The maximum atomic E-state index is 13.4. The number of piperidine rings is 1. The maximum absolute atomic E-state index is 13.4. The Hall–Kier alpha value is -3.28. The van der Waals surface area contributed by atoms with Crippen LogP contribution in [0.5, 0.6) is 5.75 Å². The predicted octanol–water partition coefficient (Wildman–Crippen LogP) is 4.62. The molecule has 174 valence electrons. The largest absolute Gasteiger partial charge is 0.496 e. The third-order valence-electron chi connectivity index (χ3n) is 6.62. The molecule has 0 bridgehead atoms. The van der Waals surface area contributed by atoms with Crippen molar-refractivity contribution in [3.63, 3.8) is 0 Å². The van der Waals surface area contributed by atoms with Crippen LogP contribution in [0.1, 0.15) is 49.8 Å². The number of H-pyrrole nitrogens is 1. The number of nitrogens with zero attached hydrogens (tertiary/aromatic N) is 1. The van der Waals surface area contributed by atoms with Crippen LogP contribution in [-0.2, 0) is 16.0 Å². The fraction of sp³-hybridized carbons (Fsp3) is 0.407. The molecule has 0 spiro atoms. The summed E-state index contributed by atoms with van der Waals surface area (Å²) in [6.07, 6.45) is 5.61. The van der Waals surface area contributed by atoms with E-state index < -0.39 is 0 Å². The Morgan fingerprint density at radius 3 is 2.79 bits per heavy atom. The van der Waals surface area contributed by atoms with Crippen molar-refractivity contribution in [1.29, 1.82) is 0 Å². The first-order valence-electron chi connectivity index (χ1n) is 11.9. The minimum Gasteiger partial charge on any atom is -0.496 e. The van der Waals surface area contributed by atoms with E-state index in [-0.39, 0.29) is 23.8 Å². The number of fused-ring (bicyclic) bond motifs is 1. The van der Waals surface area contributed by atoms with E-state index in [1.807, 2.05) is 47.5 Å². The number of rotatable bonds is 9. The van der Waals surface area contributed by atoms with Crippen molar-refractivity contribution in [1.82, 2.24) is 15.2 Å². The highest BCUT2D eigenvalue weighted by Gasteiger charge is 2.41. The van der Waals surface area contributed by atoms with Gasteiger partial charge < -0.3 is 19.9 Å². The summed E-state index contributed by atoms with van der Waals surface area (Å²) >= 11 is 0. The Morgan fingerprint density at radius 2 is 1.97 bits per heavy atom. The second kappa shape index (κ2) is 10.6. The van der Waals surface area contributed by atoms with Crippen LogP contribution in [0.25, 0.3) is 10.9 Å². The summed E-state index contributed by atoms with van der Waals surface area (Å²) in [4.78, 5) is 31.5. The molecular weight excluding hydrogens is 414 g/mol. The molecule has 0 saturated carbocycles. The zero-order valence-electron chi connectivity index (χ0n) is 19.5. The maximum Gasteiger partial charge on any atom is 0.225 e. The van der Waals surface area contributed by atoms with Crippen molar-refractivity contribution >= 4 is 22.7 Å². The van der Waals surface area contributed by atoms with E-state index in [9.17, 15) is 9.59 Å². The van der Waals surface area contributed by atoms with Crippen LogP contribution < -0.4 is 10.1 Å². The highest BCUT2D eigenvalue weighted by Crippen LogP contribution is 2.40. The van der Waals surface area contributed by atoms with Crippen molar-refractivity contribution in [3.8, 4) is 5.75 Å². The van der Waals surface area contributed by atoms with Gasteiger partial charge in [0.1, 0.15) is 5.75 Å².